The Balaban J connectivity index is 2.24. The molecule has 1 rings (SSSR count). The van der Waals surface area contributed by atoms with E-state index in [-0.39, 0.29) is 12.5 Å². The molecule has 1 fully saturated rings. The number of aliphatic hydroxyl groups excluding tert-OH is 5. The van der Waals surface area contributed by atoms with E-state index < -0.39 is 49.5 Å². The first-order chi connectivity index (χ1) is 34.8. The molecule has 1 aliphatic heterocycles. The third-order valence-electron chi connectivity index (χ3n) is 14.0. The smallest absolute Gasteiger partial charge is 0.220 e. The van der Waals surface area contributed by atoms with Crippen LogP contribution >= 0.6 is 0 Å². The number of hydrogen-bond donors (Lipinski definition) is 6. The number of amides is 1. The van der Waals surface area contributed by atoms with Crippen molar-refractivity contribution in [2.75, 3.05) is 13.2 Å². The maximum Gasteiger partial charge on any atom is 0.220 e. The second-order valence-electron chi connectivity index (χ2n) is 20.8. The maximum atomic E-state index is 13.0. The molecule has 71 heavy (non-hydrogen) atoms. The maximum absolute atomic E-state index is 13.0. The van der Waals surface area contributed by atoms with E-state index in [1.165, 1.54) is 186 Å². The molecule has 1 aliphatic rings. The first-order valence-corrected chi connectivity index (χ1v) is 30.0. The molecule has 0 aliphatic carbocycles. The number of rotatable bonds is 51. The largest absolute Gasteiger partial charge is 0.394 e. The third kappa shape index (κ3) is 40.9. The Morgan fingerprint density at radius 3 is 1.30 bits per heavy atom. The van der Waals surface area contributed by atoms with Crippen molar-refractivity contribution in [3.63, 3.8) is 0 Å². The average molecular weight is 1000 g/mol. The van der Waals surface area contributed by atoms with Crippen LogP contribution in [0.25, 0.3) is 0 Å². The third-order valence-corrected chi connectivity index (χ3v) is 14.0. The molecule has 1 heterocycles. The highest BCUT2D eigenvalue weighted by molar-refractivity contribution is 5.76. The van der Waals surface area contributed by atoms with E-state index in [2.05, 4.69) is 67.8 Å². The molecule has 9 nitrogen and oxygen atoms in total. The first kappa shape index (κ1) is 66.9. The molecule has 1 amide bonds. The summed E-state index contributed by atoms with van der Waals surface area (Å²) in [7, 11) is 0. The molecule has 414 valence electrons. The van der Waals surface area contributed by atoms with Gasteiger partial charge in [-0.05, 0) is 77.0 Å². The minimum Gasteiger partial charge on any atom is -0.394 e. The quantitative estimate of drug-likeness (QED) is 0.0261. The van der Waals surface area contributed by atoms with E-state index in [9.17, 15) is 30.3 Å². The monoisotopic (exact) mass is 1000 g/mol. The van der Waals surface area contributed by atoms with Gasteiger partial charge in [0.05, 0.1) is 25.4 Å². The van der Waals surface area contributed by atoms with Gasteiger partial charge in [0.25, 0.3) is 0 Å². The van der Waals surface area contributed by atoms with Gasteiger partial charge in [0, 0.05) is 6.42 Å². The van der Waals surface area contributed by atoms with Crippen LogP contribution in [0.15, 0.2) is 60.8 Å². The number of carbonyl (C=O) groups is 1. The van der Waals surface area contributed by atoms with Crippen molar-refractivity contribution in [2.24, 2.45) is 0 Å². The van der Waals surface area contributed by atoms with E-state index in [0.717, 1.165) is 64.2 Å². The Kier molecular flexibility index (Phi) is 48.4. The number of unbranched alkanes of at least 4 members (excludes halogenated alkanes) is 33. The van der Waals surface area contributed by atoms with Gasteiger partial charge in [0.1, 0.15) is 24.4 Å². The minimum absolute atomic E-state index is 0.195. The molecule has 0 radical (unpaired) electrons. The summed E-state index contributed by atoms with van der Waals surface area (Å²) in [5.41, 5.74) is 0. The molecule has 7 unspecified atom stereocenters. The Hall–Kier alpha value is -2.11. The van der Waals surface area contributed by atoms with Gasteiger partial charge in [-0.2, -0.15) is 0 Å². The van der Waals surface area contributed by atoms with E-state index in [1.807, 2.05) is 6.08 Å². The Morgan fingerprint density at radius 1 is 0.479 bits per heavy atom. The van der Waals surface area contributed by atoms with Crippen LogP contribution in [0.2, 0.25) is 0 Å². The summed E-state index contributed by atoms with van der Waals surface area (Å²) >= 11 is 0. The summed E-state index contributed by atoms with van der Waals surface area (Å²) < 4.78 is 11.3. The summed E-state index contributed by atoms with van der Waals surface area (Å²) in [6, 6.07) is -0.833. The molecule has 0 aromatic carbocycles. The number of ether oxygens (including phenoxy) is 2. The molecule has 0 bridgehead atoms. The van der Waals surface area contributed by atoms with Crippen molar-refractivity contribution in [3.8, 4) is 0 Å². The van der Waals surface area contributed by atoms with Gasteiger partial charge in [-0.15, -0.1) is 0 Å². The predicted molar refractivity (Wildman–Crippen MR) is 299 cm³/mol. The second kappa shape index (κ2) is 51.4. The molecule has 0 aromatic heterocycles. The standard InChI is InChI=1S/C62H113NO8/c1-3-5-7-9-11-13-15-17-19-21-23-24-25-26-27-28-29-30-31-32-34-35-37-39-41-43-45-47-49-51-56(65)55(54-70-62-61(69)60(68)59(67)57(53-64)71-62)63-58(66)52-50-48-46-44-42-40-38-36-33-22-20-18-16-14-12-10-8-6-4-2/h12,14,18,20,34-35,41,43,49,51,55-57,59-62,64-65,67-69H,3-11,13,15-17,19,21-33,36-40,42,44-48,50,52-54H2,1-2H3,(H,63,66)/b14-12-,20-18-,35-34+,43-41+,51-49+. The molecule has 0 aromatic rings. The summed E-state index contributed by atoms with van der Waals surface area (Å²) in [4.78, 5) is 13.0. The predicted octanol–water partition coefficient (Wildman–Crippen LogP) is 15.1. The van der Waals surface area contributed by atoms with Crippen molar-refractivity contribution in [2.45, 2.75) is 314 Å². The van der Waals surface area contributed by atoms with E-state index in [0.29, 0.717) is 6.42 Å². The van der Waals surface area contributed by atoms with E-state index in [1.54, 1.807) is 6.08 Å². The minimum atomic E-state index is -1.58. The Bertz CT molecular complexity index is 1300. The molecule has 6 N–H and O–H groups in total. The molecule has 7 atom stereocenters. The molecule has 0 saturated carbocycles. The molecule has 1 saturated heterocycles. The highest BCUT2D eigenvalue weighted by atomic mass is 16.7. The Morgan fingerprint density at radius 2 is 0.845 bits per heavy atom. The summed E-state index contributed by atoms with van der Waals surface area (Å²) in [6.45, 7) is 3.75. The lowest BCUT2D eigenvalue weighted by atomic mass is 9.99. The van der Waals surface area contributed by atoms with Crippen molar-refractivity contribution in [1.82, 2.24) is 5.32 Å². The lowest BCUT2D eigenvalue weighted by Crippen LogP contribution is -2.60. The zero-order valence-corrected chi connectivity index (χ0v) is 46.0. The molecular weight excluding hydrogens is 887 g/mol. The SMILES string of the molecule is CCCCC/C=C\C/C=C\CCCCCCCCCCCC(=O)NC(COC1OC(CO)C(O)C(O)C1O)C(O)/C=C/CC/C=C/CC/C=C/CCCCCCCCCCCCCCCCCCCCC. The van der Waals surface area contributed by atoms with Crippen molar-refractivity contribution < 1.29 is 39.8 Å². The summed E-state index contributed by atoms with van der Waals surface area (Å²) in [5.74, 6) is -0.195. The number of hydrogen-bond acceptors (Lipinski definition) is 8. The first-order valence-electron chi connectivity index (χ1n) is 30.0. The average Bonchev–Trinajstić information content (AvgIpc) is 3.37. The van der Waals surface area contributed by atoms with Crippen LogP contribution < -0.4 is 5.32 Å². The fourth-order valence-corrected chi connectivity index (χ4v) is 9.28. The van der Waals surface area contributed by atoms with Crippen LogP contribution in [0.3, 0.4) is 0 Å². The van der Waals surface area contributed by atoms with Crippen LogP contribution in [-0.4, -0.2) is 87.5 Å². The van der Waals surface area contributed by atoms with Crippen molar-refractivity contribution in [3.05, 3.63) is 60.8 Å². The zero-order valence-electron chi connectivity index (χ0n) is 46.0. The fraction of sp³-hybridized carbons (Fsp3) is 0.823. The van der Waals surface area contributed by atoms with Gasteiger partial charge < -0.3 is 40.3 Å². The molecular formula is C62H113NO8. The number of allylic oxidation sites excluding steroid dienone is 9. The van der Waals surface area contributed by atoms with Crippen molar-refractivity contribution >= 4 is 5.91 Å². The van der Waals surface area contributed by atoms with Crippen LogP contribution in [0.4, 0.5) is 0 Å². The van der Waals surface area contributed by atoms with Crippen LogP contribution in [0.1, 0.15) is 271 Å². The molecule has 9 heteroatoms. The van der Waals surface area contributed by atoms with Gasteiger partial charge in [-0.1, -0.05) is 248 Å². The topological polar surface area (TPSA) is 149 Å². The Labute approximate surface area is 436 Å². The molecule has 0 spiro atoms. The number of aliphatic hydroxyl groups is 5. The highest BCUT2D eigenvalue weighted by Crippen LogP contribution is 2.23. The van der Waals surface area contributed by atoms with Gasteiger partial charge in [0.15, 0.2) is 6.29 Å². The fourth-order valence-electron chi connectivity index (χ4n) is 9.28. The lowest BCUT2D eigenvalue weighted by molar-refractivity contribution is -0.302. The second-order valence-corrected chi connectivity index (χ2v) is 20.8. The number of carbonyl (C=O) groups excluding carboxylic acids is 1. The normalized spacial score (nSPS) is 19.7. The summed E-state index contributed by atoms with van der Waals surface area (Å²) in [6.07, 6.45) is 63.0. The van der Waals surface area contributed by atoms with Crippen LogP contribution in [0, 0.1) is 0 Å². The van der Waals surface area contributed by atoms with Gasteiger partial charge in [0.2, 0.25) is 5.91 Å². The van der Waals surface area contributed by atoms with E-state index >= 15 is 0 Å². The zero-order chi connectivity index (χ0) is 51.5. The van der Waals surface area contributed by atoms with Crippen LogP contribution in [-0.2, 0) is 14.3 Å². The van der Waals surface area contributed by atoms with Gasteiger partial charge in [-0.25, -0.2) is 0 Å². The van der Waals surface area contributed by atoms with Crippen LogP contribution in [0.5, 0.6) is 0 Å². The highest BCUT2D eigenvalue weighted by Gasteiger charge is 2.44. The lowest BCUT2D eigenvalue weighted by Gasteiger charge is -2.40. The number of nitrogens with one attached hydrogen (secondary N) is 1. The van der Waals surface area contributed by atoms with Gasteiger partial charge in [-0.3, -0.25) is 4.79 Å². The van der Waals surface area contributed by atoms with Gasteiger partial charge >= 0.3 is 0 Å². The van der Waals surface area contributed by atoms with Crippen molar-refractivity contribution in [1.29, 1.82) is 0 Å². The summed E-state index contributed by atoms with van der Waals surface area (Å²) in [5, 5.41) is 54.5. The van der Waals surface area contributed by atoms with E-state index in [4.69, 9.17) is 9.47 Å².